The highest BCUT2D eigenvalue weighted by molar-refractivity contribution is 7.92. The number of carbonyl (C=O) groups excluding carboxylic acids is 1. The number of hydrogen-bond acceptors (Lipinski definition) is 4. The van der Waals surface area contributed by atoms with Gasteiger partial charge in [-0.2, -0.15) is 0 Å². The number of amides is 1. The maximum absolute atomic E-state index is 12.6. The largest absolute Gasteiger partial charge is 0.321 e. The molecular weight excluding hydrogens is 386 g/mol. The molecule has 4 rings (SSSR count). The fourth-order valence-electron chi connectivity index (χ4n) is 2.86. The summed E-state index contributed by atoms with van der Waals surface area (Å²) >= 11 is 0. The third-order valence-corrected chi connectivity index (χ3v) is 5.65. The number of rotatable bonds is 5. The summed E-state index contributed by atoms with van der Waals surface area (Å²) in [5, 5.41) is 3.70. The molecule has 0 fully saturated rings. The van der Waals surface area contributed by atoms with E-state index in [0.29, 0.717) is 11.4 Å². The molecule has 0 aliphatic heterocycles. The Morgan fingerprint density at radius 1 is 0.759 bits per heavy atom. The van der Waals surface area contributed by atoms with Gasteiger partial charge < -0.3 is 5.32 Å². The van der Waals surface area contributed by atoms with E-state index in [0.717, 1.165) is 10.9 Å². The number of carbonyl (C=O) groups is 1. The minimum atomic E-state index is -3.71. The quantitative estimate of drug-likeness (QED) is 0.520. The molecule has 4 aromatic rings. The molecule has 0 atom stereocenters. The topological polar surface area (TPSA) is 88.2 Å². The van der Waals surface area contributed by atoms with Crippen LogP contribution in [-0.2, 0) is 10.0 Å². The zero-order valence-corrected chi connectivity index (χ0v) is 16.1. The zero-order valence-electron chi connectivity index (χ0n) is 15.2. The molecule has 7 heteroatoms. The minimum absolute atomic E-state index is 0.162. The van der Waals surface area contributed by atoms with Crippen LogP contribution in [0.2, 0.25) is 0 Å². The molecule has 1 amide bonds. The van der Waals surface area contributed by atoms with Gasteiger partial charge in [-0.3, -0.25) is 9.52 Å². The van der Waals surface area contributed by atoms with Gasteiger partial charge in [-0.25, -0.2) is 13.4 Å². The summed E-state index contributed by atoms with van der Waals surface area (Å²) in [7, 11) is -3.71. The van der Waals surface area contributed by atoms with Crippen LogP contribution in [0.1, 0.15) is 10.5 Å². The van der Waals surface area contributed by atoms with Crippen LogP contribution < -0.4 is 10.0 Å². The smallest absolute Gasteiger partial charge is 0.274 e. The number of benzene rings is 3. The predicted octanol–water partition coefficient (Wildman–Crippen LogP) is 4.29. The summed E-state index contributed by atoms with van der Waals surface area (Å²) in [4.78, 5) is 17.1. The van der Waals surface area contributed by atoms with E-state index >= 15 is 0 Å². The Morgan fingerprint density at radius 3 is 2.31 bits per heavy atom. The number of anilines is 2. The molecule has 29 heavy (non-hydrogen) atoms. The van der Waals surface area contributed by atoms with Gasteiger partial charge in [0.2, 0.25) is 0 Å². The predicted molar refractivity (Wildman–Crippen MR) is 113 cm³/mol. The van der Waals surface area contributed by atoms with Gasteiger partial charge in [-0.1, -0.05) is 48.5 Å². The Labute approximate surface area is 168 Å². The summed E-state index contributed by atoms with van der Waals surface area (Å²) in [5.41, 5.74) is 1.81. The molecule has 0 bridgehead atoms. The Kier molecular flexibility index (Phi) is 4.97. The van der Waals surface area contributed by atoms with Gasteiger partial charge in [-0.15, -0.1) is 0 Å². The number of fused-ring (bicyclic) bond motifs is 1. The first-order valence-electron chi connectivity index (χ1n) is 8.86. The number of pyridine rings is 1. The van der Waals surface area contributed by atoms with Crippen molar-refractivity contribution in [2.45, 2.75) is 4.90 Å². The molecule has 3 aromatic carbocycles. The fourth-order valence-corrected chi connectivity index (χ4v) is 3.93. The molecule has 0 spiro atoms. The highest BCUT2D eigenvalue weighted by Crippen LogP contribution is 2.20. The number of sulfonamides is 1. The number of aromatic nitrogens is 1. The number of para-hydroxylation sites is 1. The molecule has 0 saturated heterocycles. The average Bonchev–Trinajstić information content (AvgIpc) is 2.74. The van der Waals surface area contributed by atoms with Crippen molar-refractivity contribution in [3.63, 3.8) is 0 Å². The summed E-state index contributed by atoms with van der Waals surface area (Å²) in [6.45, 7) is 0. The lowest BCUT2D eigenvalue weighted by atomic mass is 10.2. The normalized spacial score (nSPS) is 11.2. The minimum Gasteiger partial charge on any atom is -0.321 e. The van der Waals surface area contributed by atoms with E-state index in [-0.39, 0.29) is 16.5 Å². The molecule has 0 aliphatic carbocycles. The number of hydrogen-bond donors (Lipinski definition) is 2. The van der Waals surface area contributed by atoms with Crippen LogP contribution in [0.25, 0.3) is 10.9 Å². The highest BCUT2D eigenvalue weighted by atomic mass is 32.2. The molecule has 0 aliphatic rings. The van der Waals surface area contributed by atoms with Gasteiger partial charge in [-0.05, 0) is 42.5 Å². The van der Waals surface area contributed by atoms with E-state index < -0.39 is 10.0 Å². The lowest BCUT2D eigenvalue weighted by Gasteiger charge is -2.10. The maximum Gasteiger partial charge on any atom is 0.274 e. The first kappa shape index (κ1) is 18.6. The second kappa shape index (κ2) is 7.73. The van der Waals surface area contributed by atoms with Crippen molar-refractivity contribution < 1.29 is 13.2 Å². The average molecular weight is 403 g/mol. The monoisotopic (exact) mass is 403 g/mol. The lowest BCUT2D eigenvalue weighted by Crippen LogP contribution is -2.15. The van der Waals surface area contributed by atoms with Crippen molar-refractivity contribution in [2.75, 3.05) is 10.0 Å². The Balaban J connectivity index is 1.53. The third kappa shape index (κ3) is 4.25. The van der Waals surface area contributed by atoms with Gasteiger partial charge in [0.1, 0.15) is 5.69 Å². The van der Waals surface area contributed by atoms with Crippen LogP contribution in [0.4, 0.5) is 11.4 Å². The van der Waals surface area contributed by atoms with E-state index in [1.807, 2.05) is 30.3 Å². The standard InChI is InChI=1S/C22H17N3O3S/c26-22(21-14-13-16-7-4-5-12-20(16)24-21)23-17-8-6-9-18(15-17)25-29(27,28)19-10-2-1-3-11-19/h1-15,25H,(H,23,26). The van der Waals surface area contributed by atoms with Crippen LogP contribution in [0.3, 0.4) is 0 Å². The second-order valence-electron chi connectivity index (χ2n) is 6.34. The molecule has 0 unspecified atom stereocenters. The van der Waals surface area contributed by atoms with Gasteiger partial charge in [0.05, 0.1) is 16.1 Å². The number of nitrogens with zero attached hydrogens (tertiary/aromatic N) is 1. The van der Waals surface area contributed by atoms with Crippen molar-refractivity contribution in [1.29, 1.82) is 0 Å². The first-order valence-corrected chi connectivity index (χ1v) is 10.3. The van der Waals surface area contributed by atoms with Crippen LogP contribution in [0, 0.1) is 0 Å². The summed E-state index contributed by atoms with van der Waals surface area (Å²) in [6, 6.07) is 25.6. The van der Waals surface area contributed by atoms with E-state index in [9.17, 15) is 13.2 Å². The molecule has 0 saturated carbocycles. The number of nitrogens with one attached hydrogen (secondary N) is 2. The van der Waals surface area contributed by atoms with E-state index in [2.05, 4.69) is 15.0 Å². The van der Waals surface area contributed by atoms with Crippen molar-refractivity contribution in [1.82, 2.24) is 4.98 Å². The van der Waals surface area contributed by atoms with E-state index in [1.165, 1.54) is 12.1 Å². The molecule has 1 heterocycles. The zero-order chi connectivity index (χ0) is 20.3. The molecule has 2 N–H and O–H groups in total. The highest BCUT2D eigenvalue weighted by Gasteiger charge is 2.14. The molecular formula is C22H17N3O3S. The summed E-state index contributed by atoms with van der Waals surface area (Å²) in [6.07, 6.45) is 0. The van der Waals surface area contributed by atoms with Crippen LogP contribution in [0.5, 0.6) is 0 Å². The second-order valence-corrected chi connectivity index (χ2v) is 8.03. The molecule has 144 valence electrons. The first-order chi connectivity index (χ1) is 14.0. The van der Waals surface area contributed by atoms with Gasteiger partial charge >= 0.3 is 0 Å². The Bertz CT molecular complexity index is 1290. The van der Waals surface area contributed by atoms with E-state index in [4.69, 9.17) is 0 Å². The lowest BCUT2D eigenvalue weighted by molar-refractivity contribution is 0.102. The van der Waals surface area contributed by atoms with Gasteiger partial charge in [0.25, 0.3) is 15.9 Å². The van der Waals surface area contributed by atoms with Gasteiger partial charge in [0, 0.05) is 11.1 Å². The van der Waals surface area contributed by atoms with Crippen molar-refractivity contribution in [3.05, 3.63) is 96.7 Å². The molecule has 6 nitrogen and oxygen atoms in total. The van der Waals surface area contributed by atoms with Crippen LogP contribution in [-0.4, -0.2) is 19.3 Å². The SMILES string of the molecule is O=C(Nc1cccc(NS(=O)(=O)c2ccccc2)c1)c1ccc2ccccc2n1. The molecule has 0 radical (unpaired) electrons. The summed E-state index contributed by atoms with van der Waals surface area (Å²) in [5.74, 6) is -0.376. The fraction of sp³-hybridized carbons (Fsp3) is 0. The van der Waals surface area contributed by atoms with Crippen LogP contribution >= 0.6 is 0 Å². The van der Waals surface area contributed by atoms with E-state index in [1.54, 1.807) is 48.5 Å². The molecule has 1 aromatic heterocycles. The Hall–Kier alpha value is -3.71. The maximum atomic E-state index is 12.6. The van der Waals surface area contributed by atoms with Crippen LogP contribution in [0.15, 0.2) is 95.9 Å². The van der Waals surface area contributed by atoms with Gasteiger partial charge in [0.15, 0.2) is 0 Å². The van der Waals surface area contributed by atoms with Crippen molar-refractivity contribution in [2.24, 2.45) is 0 Å². The van der Waals surface area contributed by atoms with Crippen molar-refractivity contribution >= 4 is 38.2 Å². The summed E-state index contributed by atoms with van der Waals surface area (Å²) < 4.78 is 27.5. The van der Waals surface area contributed by atoms with Crippen molar-refractivity contribution in [3.8, 4) is 0 Å². The third-order valence-electron chi connectivity index (χ3n) is 4.26. The Morgan fingerprint density at radius 2 is 1.48 bits per heavy atom.